The smallest absolute Gasteiger partial charge is 0.252 e. The summed E-state index contributed by atoms with van der Waals surface area (Å²) in [7, 11) is 1.68. The van der Waals surface area contributed by atoms with E-state index >= 15 is 0 Å². The molecule has 1 aromatic carbocycles. The number of halogens is 1. The molecule has 6 heteroatoms. The molecule has 0 radical (unpaired) electrons. The maximum Gasteiger partial charge on any atom is 0.252 e. The number of nitrogens with one attached hydrogen (secondary N) is 1. The number of carbonyl (C=O) groups excluding carboxylic acids is 1. The second-order valence-corrected chi connectivity index (χ2v) is 7.20. The average Bonchev–Trinajstić information content (AvgIpc) is 3.39. The highest BCUT2D eigenvalue weighted by Gasteiger charge is 2.49. The van der Waals surface area contributed by atoms with Gasteiger partial charge in [-0.25, -0.2) is 0 Å². The van der Waals surface area contributed by atoms with Gasteiger partial charge in [-0.15, -0.1) is 0 Å². The predicted molar refractivity (Wildman–Crippen MR) is 96.9 cm³/mol. The Labute approximate surface area is 148 Å². The molecule has 0 bridgehead atoms. The molecule has 5 nitrogen and oxygen atoms in total. The van der Waals surface area contributed by atoms with Crippen LogP contribution in [0, 0.1) is 11.3 Å². The molecule has 1 aromatic heterocycles. The second kappa shape index (κ2) is 5.70. The fourth-order valence-electron chi connectivity index (χ4n) is 3.19. The number of guanidine groups is 1. The van der Waals surface area contributed by atoms with Crippen molar-refractivity contribution in [1.82, 2.24) is 9.88 Å². The molecule has 1 saturated carbocycles. The summed E-state index contributed by atoms with van der Waals surface area (Å²) < 4.78 is 0.970. The Morgan fingerprint density at radius 3 is 2.75 bits per heavy atom. The SMILES string of the molecule is CN1C(=N)N(c2cccc(-c3cc(Br)ccn3)c2)C(C2CC2)C1=O. The average molecular weight is 385 g/mol. The summed E-state index contributed by atoms with van der Waals surface area (Å²) in [6.45, 7) is 0. The number of aromatic nitrogens is 1. The van der Waals surface area contributed by atoms with E-state index in [0.717, 1.165) is 34.3 Å². The lowest BCUT2D eigenvalue weighted by Crippen LogP contribution is -2.37. The summed E-state index contributed by atoms with van der Waals surface area (Å²) >= 11 is 3.47. The highest BCUT2D eigenvalue weighted by Crippen LogP contribution is 2.41. The van der Waals surface area contributed by atoms with Gasteiger partial charge in [-0.05, 0) is 43.0 Å². The molecule has 1 atom stereocenters. The van der Waals surface area contributed by atoms with Crippen molar-refractivity contribution in [2.75, 3.05) is 11.9 Å². The number of pyridine rings is 1. The van der Waals surface area contributed by atoms with Crippen molar-refractivity contribution in [3.63, 3.8) is 0 Å². The van der Waals surface area contributed by atoms with E-state index in [2.05, 4.69) is 20.9 Å². The zero-order valence-electron chi connectivity index (χ0n) is 13.2. The Kier molecular flexibility index (Phi) is 3.64. The van der Waals surface area contributed by atoms with Gasteiger partial charge in [-0.2, -0.15) is 0 Å². The minimum Gasteiger partial charge on any atom is -0.300 e. The van der Waals surface area contributed by atoms with E-state index in [1.165, 1.54) is 4.90 Å². The molecule has 1 aliphatic heterocycles. The first-order valence-corrected chi connectivity index (χ1v) is 8.73. The monoisotopic (exact) mass is 384 g/mol. The van der Waals surface area contributed by atoms with E-state index in [0.29, 0.717) is 5.92 Å². The van der Waals surface area contributed by atoms with Crippen LogP contribution in [0.2, 0.25) is 0 Å². The van der Waals surface area contributed by atoms with Crippen LogP contribution in [0.4, 0.5) is 5.69 Å². The summed E-state index contributed by atoms with van der Waals surface area (Å²) in [5.41, 5.74) is 2.70. The van der Waals surface area contributed by atoms with Crippen LogP contribution >= 0.6 is 15.9 Å². The molecular weight excluding hydrogens is 368 g/mol. The van der Waals surface area contributed by atoms with Crippen molar-refractivity contribution in [3.8, 4) is 11.3 Å². The van der Waals surface area contributed by atoms with Gasteiger partial charge in [-0.1, -0.05) is 28.1 Å². The molecule has 2 fully saturated rings. The summed E-state index contributed by atoms with van der Waals surface area (Å²) in [4.78, 5) is 20.2. The Bertz CT molecular complexity index is 833. The normalized spacial score (nSPS) is 20.8. The van der Waals surface area contributed by atoms with Crippen molar-refractivity contribution in [3.05, 3.63) is 47.1 Å². The Morgan fingerprint density at radius 2 is 2.04 bits per heavy atom. The topological polar surface area (TPSA) is 60.3 Å². The second-order valence-electron chi connectivity index (χ2n) is 6.28. The molecule has 1 aliphatic carbocycles. The number of hydrogen-bond donors (Lipinski definition) is 1. The standard InChI is InChI=1S/C18H17BrN4O/c1-22-17(24)16(11-5-6-11)23(18(22)20)14-4-2-3-12(9-14)15-10-13(19)7-8-21-15/h2-4,7-11,16,20H,5-6H2,1H3. The van der Waals surface area contributed by atoms with Crippen molar-refractivity contribution in [1.29, 1.82) is 5.41 Å². The maximum absolute atomic E-state index is 12.5. The van der Waals surface area contributed by atoms with Gasteiger partial charge in [0.25, 0.3) is 5.91 Å². The summed E-state index contributed by atoms with van der Waals surface area (Å²) in [6.07, 6.45) is 3.87. The third-order valence-electron chi connectivity index (χ3n) is 4.62. The Hall–Kier alpha value is -2.21. The molecule has 4 rings (SSSR count). The van der Waals surface area contributed by atoms with Gasteiger partial charge in [0.1, 0.15) is 6.04 Å². The van der Waals surface area contributed by atoms with Gasteiger partial charge in [0.15, 0.2) is 0 Å². The lowest BCUT2D eigenvalue weighted by molar-refractivity contribution is -0.126. The number of amides is 1. The van der Waals surface area contributed by atoms with E-state index < -0.39 is 0 Å². The minimum atomic E-state index is -0.242. The van der Waals surface area contributed by atoms with Crippen LogP contribution in [0.5, 0.6) is 0 Å². The first-order valence-electron chi connectivity index (χ1n) is 7.93. The van der Waals surface area contributed by atoms with Crippen LogP contribution in [-0.4, -0.2) is 34.8 Å². The molecule has 1 amide bonds. The molecule has 122 valence electrons. The van der Waals surface area contributed by atoms with Crippen molar-refractivity contribution in [2.24, 2.45) is 5.92 Å². The van der Waals surface area contributed by atoms with Gasteiger partial charge in [0.05, 0.1) is 5.69 Å². The fourth-order valence-corrected chi connectivity index (χ4v) is 3.53. The molecule has 2 heterocycles. The van der Waals surface area contributed by atoms with Gasteiger partial charge in [-0.3, -0.25) is 25.0 Å². The van der Waals surface area contributed by atoms with E-state index in [1.807, 2.05) is 41.3 Å². The van der Waals surface area contributed by atoms with E-state index in [1.54, 1.807) is 13.2 Å². The van der Waals surface area contributed by atoms with Gasteiger partial charge in [0.2, 0.25) is 5.96 Å². The van der Waals surface area contributed by atoms with Crippen molar-refractivity contribution < 1.29 is 4.79 Å². The lowest BCUT2D eigenvalue weighted by Gasteiger charge is -2.24. The lowest BCUT2D eigenvalue weighted by atomic mass is 10.1. The molecule has 0 spiro atoms. The summed E-state index contributed by atoms with van der Waals surface area (Å²) in [5, 5.41) is 8.35. The van der Waals surface area contributed by atoms with Crippen molar-refractivity contribution >= 4 is 33.5 Å². The maximum atomic E-state index is 12.5. The summed E-state index contributed by atoms with van der Waals surface area (Å²) in [5.74, 6) is 0.625. The number of carbonyl (C=O) groups is 1. The van der Waals surface area contributed by atoms with E-state index in [-0.39, 0.29) is 17.9 Å². The number of nitrogens with zero attached hydrogens (tertiary/aromatic N) is 3. The first kappa shape index (κ1) is 15.3. The zero-order chi connectivity index (χ0) is 16.8. The van der Waals surface area contributed by atoms with Crippen molar-refractivity contribution in [2.45, 2.75) is 18.9 Å². The predicted octanol–water partition coefficient (Wildman–Crippen LogP) is 3.50. The van der Waals surface area contributed by atoms with Crippen LogP contribution < -0.4 is 4.90 Å². The highest BCUT2D eigenvalue weighted by molar-refractivity contribution is 9.10. The molecule has 2 aromatic rings. The van der Waals surface area contributed by atoms with Crippen LogP contribution in [0.25, 0.3) is 11.3 Å². The number of likely N-dealkylation sites (N-methyl/N-ethyl adjacent to an activating group) is 1. The van der Waals surface area contributed by atoms with Crippen LogP contribution in [0.3, 0.4) is 0 Å². The minimum absolute atomic E-state index is 0.0217. The third-order valence-corrected chi connectivity index (χ3v) is 5.11. The molecule has 2 aliphatic rings. The van der Waals surface area contributed by atoms with Gasteiger partial charge in [0, 0.05) is 29.0 Å². The highest BCUT2D eigenvalue weighted by atomic mass is 79.9. The largest absolute Gasteiger partial charge is 0.300 e. The van der Waals surface area contributed by atoms with Crippen LogP contribution in [0.1, 0.15) is 12.8 Å². The van der Waals surface area contributed by atoms with Gasteiger partial charge >= 0.3 is 0 Å². The van der Waals surface area contributed by atoms with E-state index in [4.69, 9.17) is 5.41 Å². The third kappa shape index (κ3) is 2.51. The fraction of sp³-hybridized carbons (Fsp3) is 0.278. The number of hydrogen-bond acceptors (Lipinski definition) is 3. The quantitative estimate of drug-likeness (QED) is 0.880. The Morgan fingerprint density at radius 1 is 1.25 bits per heavy atom. The first-order chi connectivity index (χ1) is 11.6. The molecule has 1 N–H and O–H groups in total. The molecule has 1 saturated heterocycles. The summed E-state index contributed by atoms with van der Waals surface area (Å²) in [6, 6.07) is 11.5. The number of rotatable bonds is 3. The molecular formula is C18H17BrN4O. The molecule has 1 unspecified atom stereocenters. The number of anilines is 1. The Balaban J connectivity index is 1.75. The van der Waals surface area contributed by atoms with Crippen LogP contribution in [-0.2, 0) is 4.79 Å². The zero-order valence-corrected chi connectivity index (χ0v) is 14.8. The van der Waals surface area contributed by atoms with Gasteiger partial charge < -0.3 is 0 Å². The van der Waals surface area contributed by atoms with Crippen LogP contribution in [0.15, 0.2) is 47.1 Å². The van der Waals surface area contributed by atoms with E-state index in [9.17, 15) is 4.79 Å². The molecule has 24 heavy (non-hydrogen) atoms. The number of benzene rings is 1.